The van der Waals surface area contributed by atoms with Gasteiger partial charge in [0.05, 0.1) is 5.71 Å². The van der Waals surface area contributed by atoms with Crippen LogP contribution in [0, 0.1) is 0 Å². The van der Waals surface area contributed by atoms with Gasteiger partial charge in [0.2, 0.25) is 0 Å². The van der Waals surface area contributed by atoms with Gasteiger partial charge in [-0.25, -0.2) is 0 Å². The van der Waals surface area contributed by atoms with Gasteiger partial charge in [-0.2, -0.15) is 0 Å². The molecule has 130 valence electrons. The quantitative estimate of drug-likeness (QED) is 0.371. The van der Waals surface area contributed by atoms with Crippen molar-refractivity contribution in [3.05, 3.63) is 0 Å². The zero-order valence-corrected chi connectivity index (χ0v) is 14.8. The lowest BCUT2D eigenvalue weighted by Gasteiger charge is -2.06. The molecule has 22 heavy (non-hydrogen) atoms. The minimum absolute atomic E-state index is 1.01. The van der Waals surface area contributed by atoms with E-state index in [0.717, 1.165) is 18.6 Å². The maximum Gasteiger partial charge on any atom is 0.0570 e. The predicted octanol–water partition coefficient (Wildman–Crippen LogP) is 7.24. The number of hydrogen-bond acceptors (Lipinski definition) is 2. The summed E-state index contributed by atoms with van der Waals surface area (Å²) in [6, 6.07) is 0. The van der Waals surface area contributed by atoms with Gasteiger partial charge >= 0.3 is 0 Å². The first-order valence-electron chi connectivity index (χ1n) is 10.1. The SMILES string of the molecule is ON=C1CCCCCCCCCCCCCCCCCCC1. The van der Waals surface area contributed by atoms with Crippen molar-refractivity contribution < 1.29 is 5.21 Å². The lowest BCUT2D eigenvalue weighted by Crippen LogP contribution is -1.99. The molecular weight excluding hydrogens is 270 g/mol. The van der Waals surface area contributed by atoms with Crippen molar-refractivity contribution >= 4 is 5.71 Å². The average Bonchev–Trinajstić information content (AvgIpc) is 2.54. The summed E-state index contributed by atoms with van der Waals surface area (Å²) in [4.78, 5) is 0. The Labute approximate surface area is 138 Å². The Bertz CT molecular complexity index is 240. The van der Waals surface area contributed by atoms with Gasteiger partial charge in [-0.15, -0.1) is 0 Å². The van der Waals surface area contributed by atoms with Gasteiger partial charge in [0.15, 0.2) is 0 Å². The molecule has 1 aliphatic rings. The predicted molar refractivity (Wildman–Crippen MR) is 96.9 cm³/mol. The normalized spacial score (nSPS) is 22.8. The molecule has 0 aromatic rings. The summed E-state index contributed by atoms with van der Waals surface area (Å²) >= 11 is 0. The van der Waals surface area contributed by atoms with E-state index in [4.69, 9.17) is 5.21 Å². The molecule has 2 nitrogen and oxygen atoms in total. The molecule has 0 aromatic heterocycles. The summed E-state index contributed by atoms with van der Waals surface area (Å²) < 4.78 is 0. The molecule has 0 radical (unpaired) electrons. The molecule has 0 aromatic carbocycles. The minimum atomic E-state index is 1.01. The molecule has 0 atom stereocenters. The second kappa shape index (κ2) is 15.4. The summed E-state index contributed by atoms with van der Waals surface area (Å²) in [6.07, 6.45) is 25.5. The van der Waals surface area contributed by atoms with Crippen molar-refractivity contribution in [3.8, 4) is 0 Å². The van der Waals surface area contributed by atoms with Crippen LogP contribution < -0.4 is 0 Å². The van der Waals surface area contributed by atoms with Crippen LogP contribution in [0.25, 0.3) is 0 Å². The third-order valence-electron chi connectivity index (χ3n) is 5.07. The van der Waals surface area contributed by atoms with Crippen LogP contribution in [-0.2, 0) is 0 Å². The van der Waals surface area contributed by atoms with Gasteiger partial charge in [0, 0.05) is 0 Å². The van der Waals surface area contributed by atoms with Gasteiger partial charge < -0.3 is 5.21 Å². The van der Waals surface area contributed by atoms with Crippen LogP contribution in [0.2, 0.25) is 0 Å². The van der Waals surface area contributed by atoms with Crippen LogP contribution in [0.5, 0.6) is 0 Å². The van der Waals surface area contributed by atoms with Gasteiger partial charge in [-0.3, -0.25) is 0 Å². The minimum Gasteiger partial charge on any atom is -0.411 e. The fraction of sp³-hybridized carbons (Fsp3) is 0.950. The molecular formula is C20H39NO. The number of hydrogen-bond donors (Lipinski definition) is 1. The van der Waals surface area contributed by atoms with Crippen LogP contribution >= 0.6 is 0 Å². The smallest absolute Gasteiger partial charge is 0.0570 e. The first-order valence-corrected chi connectivity index (χ1v) is 10.1. The first-order chi connectivity index (χ1) is 10.9. The van der Waals surface area contributed by atoms with Crippen LogP contribution in [0.3, 0.4) is 0 Å². The summed E-state index contributed by atoms with van der Waals surface area (Å²) in [5, 5.41) is 12.6. The van der Waals surface area contributed by atoms with E-state index in [1.165, 1.54) is 109 Å². The molecule has 0 spiro atoms. The second-order valence-corrected chi connectivity index (χ2v) is 7.18. The van der Waals surface area contributed by atoms with Crippen molar-refractivity contribution in [2.45, 2.75) is 122 Å². The zero-order valence-electron chi connectivity index (χ0n) is 14.8. The third kappa shape index (κ3) is 12.1. The van der Waals surface area contributed by atoms with E-state index in [-0.39, 0.29) is 0 Å². The Balaban J connectivity index is 2.16. The zero-order chi connectivity index (χ0) is 15.7. The molecule has 0 bridgehead atoms. The number of nitrogens with zero attached hydrogens (tertiary/aromatic N) is 1. The monoisotopic (exact) mass is 309 g/mol. The molecule has 1 N–H and O–H groups in total. The fourth-order valence-electron chi connectivity index (χ4n) is 3.53. The average molecular weight is 310 g/mol. The molecule has 0 unspecified atom stereocenters. The van der Waals surface area contributed by atoms with Gasteiger partial charge in [0.1, 0.15) is 0 Å². The summed E-state index contributed by atoms with van der Waals surface area (Å²) in [7, 11) is 0. The molecule has 1 saturated carbocycles. The summed E-state index contributed by atoms with van der Waals surface area (Å²) in [6.45, 7) is 0. The van der Waals surface area contributed by atoms with E-state index in [9.17, 15) is 0 Å². The van der Waals surface area contributed by atoms with Crippen molar-refractivity contribution in [2.24, 2.45) is 5.16 Å². The summed E-state index contributed by atoms with van der Waals surface area (Å²) in [5.74, 6) is 0. The Hall–Kier alpha value is -0.530. The van der Waals surface area contributed by atoms with Crippen molar-refractivity contribution in [2.75, 3.05) is 0 Å². The van der Waals surface area contributed by atoms with Crippen LogP contribution in [0.4, 0.5) is 0 Å². The lowest BCUT2D eigenvalue weighted by molar-refractivity contribution is 0.315. The van der Waals surface area contributed by atoms with Crippen LogP contribution in [-0.4, -0.2) is 10.9 Å². The highest BCUT2D eigenvalue weighted by Gasteiger charge is 2.02. The van der Waals surface area contributed by atoms with E-state index < -0.39 is 0 Å². The van der Waals surface area contributed by atoms with E-state index >= 15 is 0 Å². The molecule has 0 heterocycles. The van der Waals surface area contributed by atoms with Crippen molar-refractivity contribution in [3.63, 3.8) is 0 Å². The second-order valence-electron chi connectivity index (χ2n) is 7.18. The topological polar surface area (TPSA) is 32.6 Å². The standard InChI is InChI=1S/C20H39NO/c22-21-20-18-16-14-12-10-8-6-4-2-1-3-5-7-9-11-13-15-17-19-20/h22H,1-19H2. The highest BCUT2D eigenvalue weighted by molar-refractivity contribution is 5.83. The fourth-order valence-corrected chi connectivity index (χ4v) is 3.53. The van der Waals surface area contributed by atoms with Gasteiger partial charge in [0.25, 0.3) is 0 Å². The molecule has 0 saturated heterocycles. The molecule has 1 rings (SSSR count). The molecule has 1 fully saturated rings. The largest absolute Gasteiger partial charge is 0.411 e. The third-order valence-corrected chi connectivity index (χ3v) is 5.07. The van der Waals surface area contributed by atoms with Crippen molar-refractivity contribution in [1.82, 2.24) is 0 Å². The number of rotatable bonds is 0. The van der Waals surface area contributed by atoms with Crippen LogP contribution in [0.15, 0.2) is 5.16 Å². The lowest BCUT2D eigenvalue weighted by atomic mass is 10.0. The highest BCUT2D eigenvalue weighted by atomic mass is 16.4. The van der Waals surface area contributed by atoms with E-state index in [0.29, 0.717) is 0 Å². The molecule has 1 aliphatic carbocycles. The van der Waals surface area contributed by atoms with E-state index in [2.05, 4.69) is 5.16 Å². The van der Waals surface area contributed by atoms with E-state index in [1.54, 1.807) is 0 Å². The number of oxime groups is 1. The Morgan fingerprint density at radius 3 is 0.864 bits per heavy atom. The van der Waals surface area contributed by atoms with Gasteiger partial charge in [-0.05, 0) is 25.7 Å². The van der Waals surface area contributed by atoms with E-state index in [1.807, 2.05) is 0 Å². The highest BCUT2D eigenvalue weighted by Crippen LogP contribution is 2.16. The Morgan fingerprint density at radius 2 is 0.636 bits per heavy atom. The molecule has 2 heteroatoms. The first kappa shape index (κ1) is 19.5. The molecule has 0 amide bonds. The Kier molecular flexibility index (Phi) is 13.6. The Morgan fingerprint density at radius 1 is 0.409 bits per heavy atom. The van der Waals surface area contributed by atoms with Gasteiger partial charge in [-0.1, -0.05) is 101 Å². The maximum atomic E-state index is 9.09. The van der Waals surface area contributed by atoms with Crippen LogP contribution in [0.1, 0.15) is 122 Å². The molecule has 0 aliphatic heterocycles. The summed E-state index contributed by atoms with van der Waals surface area (Å²) in [5.41, 5.74) is 1.04. The maximum absolute atomic E-state index is 9.09. The van der Waals surface area contributed by atoms with Crippen molar-refractivity contribution in [1.29, 1.82) is 0 Å².